The molecule has 0 spiro atoms. The lowest BCUT2D eigenvalue weighted by Gasteiger charge is -2.24. The van der Waals surface area contributed by atoms with Crippen LogP contribution in [0.2, 0.25) is 10.0 Å². The highest BCUT2D eigenvalue weighted by molar-refractivity contribution is 8.00. The van der Waals surface area contributed by atoms with Gasteiger partial charge in [-0.1, -0.05) is 72.3 Å². The largest absolute Gasteiger partial charge is 0.507 e. The number of Topliss-reactive ketones (excluding diaryl/α,β-unsaturated/α-hetero) is 1. The number of aliphatic hydroxyl groups excluding tert-OH is 1. The van der Waals surface area contributed by atoms with Crippen LogP contribution in [-0.4, -0.2) is 53.9 Å². The van der Waals surface area contributed by atoms with Crippen molar-refractivity contribution in [3.63, 3.8) is 0 Å². The highest BCUT2D eigenvalue weighted by Gasteiger charge is 2.48. The Morgan fingerprint density at radius 2 is 1.83 bits per heavy atom. The monoisotopic (exact) mass is 727 g/mol. The number of nitrogens with zero attached hydrogens (tertiary/aromatic N) is 3. The second kappa shape index (κ2) is 14.7. The van der Waals surface area contributed by atoms with Crippen LogP contribution >= 0.6 is 46.3 Å². The summed E-state index contributed by atoms with van der Waals surface area (Å²) in [6, 6.07) is 14.2. The Labute approximate surface area is 295 Å². The molecule has 0 aliphatic carbocycles. The number of hydrogen-bond donors (Lipinski definition) is 1. The molecule has 1 saturated heterocycles. The number of hydrogen-bond acceptors (Lipinski definition) is 11. The molecule has 0 bridgehead atoms. The Morgan fingerprint density at radius 1 is 1.04 bits per heavy atom. The Hall–Kier alpha value is -3.97. The van der Waals surface area contributed by atoms with Gasteiger partial charge in [0.05, 0.1) is 25.3 Å². The summed E-state index contributed by atoms with van der Waals surface area (Å²) in [6.45, 7) is 5.45. The average molecular weight is 729 g/mol. The van der Waals surface area contributed by atoms with E-state index in [4.69, 9.17) is 42.1 Å². The van der Waals surface area contributed by atoms with E-state index in [0.717, 1.165) is 23.3 Å². The molecule has 1 aromatic heterocycles. The van der Waals surface area contributed by atoms with Crippen LogP contribution in [0.25, 0.3) is 5.76 Å². The molecule has 1 unspecified atom stereocenters. The number of ketones is 1. The lowest BCUT2D eigenvalue weighted by Crippen LogP contribution is -2.29. The zero-order chi connectivity index (χ0) is 33.9. The van der Waals surface area contributed by atoms with E-state index in [2.05, 4.69) is 24.0 Å². The lowest BCUT2D eigenvalue weighted by molar-refractivity contribution is -0.132. The molecule has 0 radical (unpaired) electrons. The number of benzene rings is 3. The predicted molar refractivity (Wildman–Crippen MR) is 186 cm³/mol. The van der Waals surface area contributed by atoms with Crippen molar-refractivity contribution in [2.24, 2.45) is 5.92 Å². The number of carbonyl (C=O) groups excluding carboxylic acids is 2. The second-order valence-electron chi connectivity index (χ2n) is 11.3. The minimum absolute atomic E-state index is 0.121. The van der Waals surface area contributed by atoms with Gasteiger partial charge in [0, 0.05) is 21.4 Å². The van der Waals surface area contributed by atoms with Crippen molar-refractivity contribution >= 4 is 68.9 Å². The molecule has 2 aliphatic rings. The van der Waals surface area contributed by atoms with Crippen LogP contribution < -0.4 is 23.8 Å². The predicted octanol–water partition coefficient (Wildman–Crippen LogP) is 7.97. The van der Waals surface area contributed by atoms with E-state index in [0.29, 0.717) is 74.4 Å². The first-order valence-corrected chi connectivity index (χ1v) is 17.6. The van der Waals surface area contributed by atoms with Gasteiger partial charge in [0.2, 0.25) is 5.13 Å². The topological polar surface area (TPSA) is 120 Å². The first kappa shape index (κ1) is 33.9. The van der Waals surface area contributed by atoms with Crippen LogP contribution in [0, 0.1) is 5.92 Å². The summed E-state index contributed by atoms with van der Waals surface area (Å²) in [5, 5.41) is 21.5. The van der Waals surface area contributed by atoms with Gasteiger partial charge in [-0.3, -0.25) is 14.5 Å². The van der Waals surface area contributed by atoms with Crippen LogP contribution in [0.5, 0.6) is 23.0 Å². The van der Waals surface area contributed by atoms with E-state index in [1.165, 1.54) is 23.8 Å². The molecule has 0 saturated carbocycles. The van der Waals surface area contributed by atoms with Crippen molar-refractivity contribution < 1.29 is 33.6 Å². The number of amides is 1. The van der Waals surface area contributed by atoms with Gasteiger partial charge in [-0.25, -0.2) is 0 Å². The fraction of sp³-hybridized carbons (Fsp3) is 0.294. The van der Waals surface area contributed by atoms with Crippen LogP contribution in [0.15, 0.2) is 64.5 Å². The van der Waals surface area contributed by atoms with Crippen molar-refractivity contribution in [2.75, 3.05) is 31.8 Å². The molecular weight excluding hydrogens is 697 g/mol. The molecule has 2 aliphatic heterocycles. The van der Waals surface area contributed by atoms with Crippen LogP contribution in [0.4, 0.5) is 5.13 Å². The highest BCUT2D eigenvalue weighted by atomic mass is 35.5. The van der Waals surface area contributed by atoms with E-state index < -0.39 is 17.7 Å². The number of aromatic nitrogens is 2. The Morgan fingerprint density at radius 3 is 2.58 bits per heavy atom. The minimum atomic E-state index is -1.06. The van der Waals surface area contributed by atoms with Crippen LogP contribution in [0.3, 0.4) is 0 Å². The molecule has 3 heterocycles. The van der Waals surface area contributed by atoms with Gasteiger partial charge >= 0.3 is 5.91 Å². The summed E-state index contributed by atoms with van der Waals surface area (Å²) >= 11 is 14.9. The highest BCUT2D eigenvalue weighted by Crippen LogP contribution is 2.46. The summed E-state index contributed by atoms with van der Waals surface area (Å²) < 4.78 is 23.5. The third-order valence-electron chi connectivity index (χ3n) is 7.68. The fourth-order valence-corrected chi connectivity index (χ4v) is 7.63. The molecule has 1 fully saturated rings. The number of carbonyl (C=O) groups is 2. The zero-order valence-corrected chi connectivity index (χ0v) is 29.3. The number of anilines is 1. The number of thioether (sulfide) groups is 1. The van der Waals surface area contributed by atoms with Gasteiger partial charge < -0.3 is 24.1 Å². The van der Waals surface area contributed by atoms with Gasteiger partial charge in [-0.05, 0) is 65.9 Å². The zero-order valence-electron chi connectivity index (χ0n) is 26.2. The van der Waals surface area contributed by atoms with Gasteiger partial charge in [0.1, 0.15) is 19.0 Å². The van der Waals surface area contributed by atoms with E-state index in [1.807, 2.05) is 6.07 Å². The number of aliphatic hydroxyl groups is 1. The standard InChI is InChI=1S/C34H31Cl2N3O7S2/c1-18(2)10-11-44-24-8-5-19(14-26(24)43-3)29-28(30(40)20-6-9-25-27(15-20)46-13-12-45-25)31(41)32(42)39(29)33-37-38-34(48-33)47-17-21-4-7-22(35)16-23(21)36/h4-9,14-16,18,29,40H,10-13,17H2,1-3H3/b30-28+. The SMILES string of the molecule is COc1cc(C2/C(=C(\O)c3ccc4c(c3)OCCO4)C(=O)C(=O)N2c2nnc(SCc3ccc(Cl)cc3Cl)s2)ccc1OCCC(C)C. The van der Waals surface area contributed by atoms with Crippen LogP contribution in [-0.2, 0) is 15.3 Å². The molecule has 1 N–H and O–H groups in total. The molecule has 250 valence electrons. The van der Waals surface area contributed by atoms with E-state index in [-0.39, 0.29) is 22.0 Å². The van der Waals surface area contributed by atoms with Gasteiger partial charge in [0.15, 0.2) is 27.3 Å². The molecule has 1 amide bonds. The quantitative estimate of drug-likeness (QED) is 0.0536. The molecular formula is C34H31Cl2N3O7S2. The van der Waals surface area contributed by atoms with Gasteiger partial charge in [0.25, 0.3) is 5.78 Å². The van der Waals surface area contributed by atoms with Crippen LogP contribution in [0.1, 0.15) is 43.0 Å². The van der Waals surface area contributed by atoms with E-state index >= 15 is 0 Å². The fourth-order valence-electron chi connectivity index (χ4n) is 5.21. The maximum absolute atomic E-state index is 13.8. The Kier molecular flexibility index (Phi) is 10.4. The minimum Gasteiger partial charge on any atom is -0.507 e. The Bertz CT molecular complexity index is 1900. The normalized spacial score (nSPS) is 16.9. The summed E-state index contributed by atoms with van der Waals surface area (Å²) in [6.07, 6.45) is 0.849. The lowest BCUT2D eigenvalue weighted by atomic mass is 9.95. The van der Waals surface area contributed by atoms with Gasteiger partial charge in [-0.15, -0.1) is 10.2 Å². The molecule has 48 heavy (non-hydrogen) atoms. The molecule has 3 aromatic carbocycles. The van der Waals surface area contributed by atoms with Crippen molar-refractivity contribution in [3.05, 3.63) is 86.9 Å². The second-order valence-corrected chi connectivity index (χ2v) is 14.4. The first-order chi connectivity index (χ1) is 23.1. The number of methoxy groups -OCH3 is 1. The summed E-state index contributed by atoms with van der Waals surface area (Å²) in [4.78, 5) is 28.8. The number of rotatable bonds is 11. The van der Waals surface area contributed by atoms with Crippen molar-refractivity contribution in [3.8, 4) is 23.0 Å². The van der Waals surface area contributed by atoms with Crippen molar-refractivity contribution in [1.29, 1.82) is 0 Å². The molecule has 10 nitrogen and oxygen atoms in total. The molecule has 1 atom stereocenters. The summed E-state index contributed by atoms with van der Waals surface area (Å²) in [5.41, 5.74) is 1.52. The summed E-state index contributed by atoms with van der Waals surface area (Å²) in [5.74, 6) is 0.699. The maximum Gasteiger partial charge on any atom is 0.301 e. The molecule has 14 heteroatoms. The van der Waals surface area contributed by atoms with E-state index in [9.17, 15) is 14.7 Å². The molecule has 4 aromatic rings. The van der Waals surface area contributed by atoms with E-state index in [1.54, 1.807) is 48.5 Å². The van der Waals surface area contributed by atoms with Crippen molar-refractivity contribution in [2.45, 2.75) is 36.4 Å². The number of halogens is 2. The maximum atomic E-state index is 13.8. The third kappa shape index (κ3) is 7.07. The number of fused-ring (bicyclic) bond motifs is 1. The smallest absolute Gasteiger partial charge is 0.301 e. The van der Waals surface area contributed by atoms with Gasteiger partial charge in [-0.2, -0.15) is 0 Å². The Balaban J connectivity index is 1.39. The first-order valence-electron chi connectivity index (χ1n) is 15.1. The average Bonchev–Trinajstić information content (AvgIpc) is 3.65. The third-order valence-corrected chi connectivity index (χ3v) is 10.4. The van der Waals surface area contributed by atoms with Crippen molar-refractivity contribution in [1.82, 2.24) is 10.2 Å². The number of ether oxygens (including phenoxy) is 4. The summed E-state index contributed by atoms with van der Waals surface area (Å²) in [7, 11) is 1.52. The molecule has 6 rings (SSSR count).